The van der Waals surface area contributed by atoms with Gasteiger partial charge in [0.1, 0.15) is 0 Å². The number of hydrogen-bond donors (Lipinski definition) is 1. The first-order valence-electron chi connectivity index (χ1n) is 9.65. The Labute approximate surface area is 176 Å². The van der Waals surface area contributed by atoms with Crippen molar-refractivity contribution in [3.8, 4) is 0 Å². The van der Waals surface area contributed by atoms with Crippen molar-refractivity contribution in [2.45, 2.75) is 12.6 Å². The summed E-state index contributed by atoms with van der Waals surface area (Å²) in [4.78, 5) is 44.1. The summed E-state index contributed by atoms with van der Waals surface area (Å²) in [7, 11) is 0. The first-order chi connectivity index (χ1) is 14.7. The number of hydrogen-bond acceptors (Lipinski definition) is 4. The maximum atomic E-state index is 12.6. The van der Waals surface area contributed by atoms with Gasteiger partial charge in [0.05, 0.1) is 18.5 Å². The highest BCUT2D eigenvalue weighted by Gasteiger charge is 2.30. The SMILES string of the molecule is O=C(NCC(=O)N1CCN(C(=O)Cc2ccccn2)CC1)c1ccc(C(F)(F)F)cc1. The van der Waals surface area contributed by atoms with Gasteiger partial charge < -0.3 is 15.1 Å². The zero-order chi connectivity index (χ0) is 22.4. The number of aromatic nitrogens is 1. The molecule has 0 unspecified atom stereocenters. The van der Waals surface area contributed by atoms with Crippen molar-refractivity contribution in [3.63, 3.8) is 0 Å². The third-order valence-corrected chi connectivity index (χ3v) is 4.92. The van der Waals surface area contributed by atoms with E-state index in [1.165, 1.54) is 4.90 Å². The lowest BCUT2D eigenvalue weighted by molar-refractivity contribution is -0.138. The Hall–Kier alpha value is -3.43. The molecule has 1 saturated heterocycles. The summed E-state index contributed by atoms with van der Waals surface area (Å²) >= 11 is 0. The lowest BCUT2D eigenvalue weighted by Gasteiger charge is -2.34. The largest absolute Gasteiger partial charge is 0.416 e. The van der Waals surface area contributed by atoms with Gasteiger partial charge in [-0.3, -0.25) is 19.4 Å². The molecule has 1 fully saturated rings. The van der Waals surface area contributed by atoms with Gasteiger partial charge in [0.25, 0.3) is 5.91 Å². The molecule has 0 bridgehead atoms. The molecule has 1 aliphatic rings. The highest BCUT2D eigenvalue weighted by atomic mass is 19.4. The number of nitrogens with zero attached hydrogens (tertiary/aromatic N) is 3. The summed E-state index contributed by atoms with van der Waals surface area (Å²) in [6.07, 6.45) is -2.66. The minimum absolute atomic E-state index is 0.0331. The molecule has 3 rings (SSSR count). The molecule has 3 amide bonds. The van der Waals surface area contributed by atoms with E-state index < -0.39 is 17.6 Å². The molecule has 0 spiro atoms. The van der Waals surface area contributed by atoms with Crippen molar-refractivity contribution in [1.29, 1.82) is 0 Å². The van der Waals surface area contributed by atoms with Crippen molar-refractivity contribution < 1.29 is 27.6 Å². The smallest absolute Gasteiger partial charge is 0.343 e. The summed E-state index contributed by atoms with van der Waals surface area (Å²) in [6.45, 7) is 1.15. The number of alkyl halides is 3. The fraction of sp³-hybridized carbons (Fsp3) is 0.333. The first kappa shape index (κ1) is 22.3. The van der Waals surface area contributed by atoms with E-state index in [1.54, 1.807) is 23.2 Å². The van der Waals surface area contributed by atoms with E-state index in [-0.39, 0.29) is 30.3 Å². The first-order valence-corrected chi connectivity index (χ1v) is 9.65. The summed E-state index contributed by atoms with van der Waals surface area (Å²) in [5, 5.41) is 2.42. The Morgan fingerprint density at radius 3 is 2.06 bits per heavy atom. The van der Waals surface area contributed by atoms with Gasteiger partial charge in [-0.2, -0.15) is 13.2 Å². The van der Waals surface area contributed by atoms with Crippen LogP contribution in [0.2, 0.25) is 0 Å². The molecular formula is C21H21F3N4O3. The summed E-state index contributed by atoms with van der Waals surface area (Å²) in [5.74, 6) is -1.02. The second-order valence-electron chi connectivity index (χ2n) is 7.02. The van der Waals surface area contributed by atoms with Crippen LogP contribution in [0.4, 0.5) is 13.2 Å². The topological polar surface area (TPSA) is 82.6 Å². The van der Waals surface area contributed by atoms with Crippen LogP contribution in [0.15, 0.2) is 48.7 Å². The Balaban J connectivity index is 1.43. The van der Waals surface area contributed by atoms with E-state index in [9.17, 15) is 27.6 Å². The predicted molar refractivity (Wildman–Crippen MR) is 105 cm³/mol. The van der Waals surface area contributed by atoms with Crippen LogP contribution in [-0.2, 0) is 22.2 Å². The number of nitrogens with one attached hydrogen (secondary N) is 1. The number of pyridine rings is 1. The molecule has 10 heteroatoms. The molecule has 164 valence electrons. The van der Waals surface area contributed by atoms with E-state index in [1.807, 2.05) is 6.07 Å². The fourth-order valence-corrected chi connectivity index (χ4v) is 3.16. The van der Waals surface area contributed by atoms with Crippen molar-refractivity contribution >= 4 is 17.7 Å². The molecule has 0 atom stereocenters. The number of rotatable bonds is 5. The fourth-order valence-electron chi connectivity index (χ4n) is 3.16. The zero-order valence-electron chi connectivity index (χ0n) is 16.6. The van der Waals surface area contributed by atoms with Crippen LogP contribution < -0.4 is 5.32 Å². The molecule has 2 aromatic rings. The number of carbonyl (C=O) groups is 3. The lowest BCUT2D eigenvalue weighted by Crippen LogP contribution is -2.52. The standard InChI is InChI=1S/C21H21F3N4O3/c22-21(23,24)16-6-4-15(5-7-16)20(31)26-14-19(30)28-11-9-27(10-12-28)18(29)13-17-3-1-2-8-25-17/h1-8H,9-14H2,(H,26,31). The van der Waals surface area contributed by atoms with Crippen molar-refractivity contribution in [2.75, 3.05) is 32.7 Å². The normalized spacial score (nSPS) is 14.3. The quantitative estimate of drug-likeness (QED) is 0.777. The maximum Gasteiger partial charge on any atom is 0.416 e. The second kappa shape index (κ2) is 9.59. The summed E-state index contributed by atoms with van der Waals surface area (Å²) in [5.41, 5.74) is -0.140. The van der Waals surface area contributed by atoms with Crippen LogP contribution in [0.25, 0.3) is 0 Å². The third-order valence-electron chi connectivity index (χ3n) is 4.92. The van der Waals surface area contributed by atoms with Gasteiger partial charge in [0.2, 0.25) is 11.8 Å². The van der Waals surface area contributed by atoms with Crippen molar-refractivity contribution in [2.24, 2.45) is 0 Å². The van der Waals surface area contributed by atoms with Crippen LogP contribution >= 0.6 is 0 Å². The second-order valence-corrected chi connectivity index (χ2v) is 7.02. The van der Waals surface area contributed by atoms with Crippen molar-refractivity contribution in [3.05, 3.63) is 65.5 Å². The number of amides is 3. The van der Waals surface area contributed by atoms with E-state index >= 15 is 0 Å². The molecule has 31 heavy (non-hydrogen) atoms. The summed E-state index contributed by atoms with van der Waals surface area (Å²) < 4.78 is 37.8. The van der Waals surface area contributed by atoms with Crippen LogP contribution in [0, 0.1) is 0 Å². The van der Waals surface area contributed by atoms with Crippen LogP contribution in [-0.4, -0.2) is 65.2 Å². The maximum absolute atomic E-state index is 12.6. The van der Waals surface area contributed by atoms with Gasteiger partial charge in [0, 0.05) is 43.6 Å². The van der Waals surface area contributed by atoms with Gasteiger partial charge in [-0.15, -0.1) is 0 Å². The van der Waals surface area contributed by atoms with Gasteiger partial charge in [-0.25, -0.2) is 0 Å². The van der Waals surface area contributed by atoms with Crippen LogP contribution in [0.5, 0.6) is 0 Å². The molecule has 0 aliphatic carbocycles. The minimum Gasteiger partial charge on any atom is -0.343 e. The highest BCUT2D eigenvalue weighted by Crippen LogP contribution is 2.29. The number of carbonyl (C=O) groups excluding carboxylic acids is 3. The highest BCUT2D eigenvalue weighted by molar-refractivity contribution is 5.96. The third kappa shape index (κ3) is 6.03. The number of halogens is 3. The molecule has 2 heterocycles. The average molecular weight is 434 g/mol. The van der Waals surface area contributed by atoms with Gasteiger partial charge in [-0.05, 0) is 36.4 Å². The predicted octanol–water partition coefficient (Wildman–Crippen LogP) is 1.74. The molecule has 0 saturated carbocycles. The Bertz CT molecular complexity index is 925. The van der Waals surface area contributed by atoms with Gasteiger partial charge >= 0.3 is 6.18 Å². The number of piperazine rings is 1. The molecular weight excluding hydrogens is 413 g/mol. The Morgan fingerprint density at radius 2 is 1.52 bits per heavy atom. The zero-order valence-corrected chi connectivity index (χ0v) is 16.6. The molecule has 0 radical (unpaired) electrons. The molecule has 1 aromatic carbocycles. The molecule has 1 aromatic heterocycles. The molecule has 1 aliphatic heterocycles. The van der Waals surface area contributed by atoms with E-state index in [0.29, 0.717) is 31.9 Å². The van der Waals surface area contributed by atoms with Gasteiger partial charge in [0.15, 0.2) is 0 Å². The van der Waals surface area contributed by atoms with E-state index in [0.717, 1.165) is 24.3 Å². The van der Waals surface area contributed by atoms with E-state index in [4.69, 9.17) is 0 Å². The monoisotopic (exact) mass is 434 g/mol. The molecule has 7 nitrogen and oxygen atoms in total. The van der Waals surface area contributed by atoms with Gasteiger partial charge in [-0.1, -0.05) is 6.07 Å². The minimum atomic E-state index is -4.48. The lowest BCUT2D eigenvalue weighted by atomic mass is 10.1. The average Bonchev–Trinajstić information content (AvgIpc) is 2.77. The number of benzene rings is 1. The Kier molecular flexibility index (Phi) is 6.88. The van der Waals surface area contributed by atoms with Crippen LogP contribution in [0.3, 0.4) is 0 Å². The Morgan fingerprint density at radius 1 is 0.903 bits per heavy atom. The summed E-state index contributed by atoms with van der Waals surface area (Å²) in [6, 6.07) is 9.12. The van der Waals surface area contributed by atoms with E-state index in [2.05, 4.69) is 10.3 Å². The van der Waals surface area contributed by atoms with Crippen LogP contribution in [0.1, 0.15) is 21.6 Å². The molecule has 1 N–H and O–H groups in total. The van der Waals surface area contributed by atoms with Crippen molar-refractivity contribution in [1.82, 2.24) is 20.1 Å².